The van der Waals surface area contributed by atoms with Gasteiger partial charge in [-0.05, 0) is 35.9 Å². The summed E-state index contributed by atoms with van der Waals surface area (Å²) in [5, 5.41) is 1.35. The molecule has 0 aliphatic rings. The van der Waals surface area contributed by atoms with E-state index in [1.54, 1.807) is 30.3 Å². The molecule has 5 heteroatoms. The van der Waals surface area contributed by atoms with Gasteiger partial charge in [-0.3, -0.25) is 0 Å². The summed E-state index contributed by atoms with van der Waals surface area (Å²) in [6.07, 6.45) is 0. The molecule has 2 aromatic carbocycles. The summed E-state index contributed by atoms with van der Waals surface area (Å²) in [5.41, 5.74) is 0.623. The van der Waals surface area contributed by atoms with Gasteiger partial charge in [-0.15, -0.1) is 0 Å². The van der Waals surface area contributed by atoms with Crippen LogP contribution in [0.5, 0.6) is 5.75 Å². The van der Waals surface area contributed by atoms with E-state index in [4.69, 9.17) is 9.15 Å². The molecule has 22 heavy (non-hydrogen) atoms. The monoisotopic (exact) mass is 358 g/mol. The number of fused-ring (bicyclic) bond motifs is 1. The molecule has 0 aliphatic heterocycles. The van der Waals surface area contributed by atoms with E-state index in [2.05, 4.69) is 15.9 Å². The van der Waals surface area contributed by atoms with Crippen LogP contribution in [0.25, 0.3) is 11.0 Å². The zero-order chi connectivity index (χ0) is 15.5. The van der Waals surface area contributed by atoms with Crippen molar-refractivity contribution in [2.24, 2.45) is 0 Å². The summed E-state index contributed by atoms with van der Waals surface area (Å²) >= 11 is 3.37. The van der Waals surface area contributed by atoms with Crippen molar-refractivity contribution in [1.82, 2.24) is 0 Å². The number of ether oxygens (including phenoxy) is 1. The second-order valence-corrected chi connectivity index (χ2v) is 5.22. The van der Waals surface area contributed by atoms with E-state index in [0.29, 0.717) is 22.0 Å². The minimum absolute atomic E-state index is 0.122. The zero-order valence-electron chi connectivity index (χ0n) is 11.4. The molecule has 0 saturated carbocycles. The van der Waals surface area contributed by atoms with Crippen molar-refractivity contribution >= 4 is 32.9 Å². The molecule has 0 unspecified atom stereocenters. The highest BCUT2D eigenvalue weighted by atomic mass is 79.9. The summed E-state index contributed by atoms with van der Waals surface area (Å²) in [5.74, 6) is -0.354. The molecule has 0 radical (unpaired) electrons. The van der Waals surface area contributed by atoms with E-state index in [9.17, 15) is 9.59 Å². The fraction of sp³-hybridized carbons (Fsp3) is 0.0588. The van der Waals surface area contributed by atoms with Gasteiger partial charge in [0.15, 0.2) is 0 Å². The Labute approximate surface area is 134 Å². The second kappa shape index (κ2) is 6.15. The minimum Gasteiger partial charge on any atom is -0.423 e. The van der Waals surface area contributed by atoms with Gasteiger partial charge >= 0.3 is 11.6 Å². The highest BCUT2D eigenvalue weighted by Gasteiger charge is 2.16. The van der Waals surface area contributed by atoms with E-state index >= 15 is 0 Å². The molecule has 0 amide bonds. The van der Waals surface area contributed by atoms with Crippen molar-refractivity contribution in [2.75, 3.05) is 0 Å². The molecule has 0 spiro atoms. The zero-order valence-corrected chi connectivity index (χ0v) is 13.0. The van der Waals surface area contributed by atoms with Crippen LogP contribution in [0.1, 0.15) is 15.9 Å². The van der Waals surface area contributed by atoms with Gasteiger partial charge in [0.05, 0.1) is 0 Å². The van der Waals surface area contributed by atoms with E-state index in [0.717, 1.165) is 5.56 Å². The first-order valence-electron chi connectivity index (χ1n) is 6.57. The average molecular weight is 359 g/mol. The predicted molar refractivity (Wildman–Crippen MR) is 86.5 cm³/mol. The normalized spacial score (nSPS) is 10.6. The van der Waals surface area contributed by atoms with Crippen LogP contribution in [0, 0.1) is 0 Å². The third kappa shape index (κ3) is 2.94. The number of esters is 1. The summed E-state index contributed by atoms with van der Waals surface area (Å²) in [4.78, 5) is 24.1. The van der Waals surface area contributed by atoms with Crippen LogP contribution in [0.2, 0.25) is 0 Å². The summed E-state index contributed by atoms with van der Waals surface area (Å²) < 4.78 is 10.4. The number of carbonyl (C=O) groups excluding carboxylic acids is 1. The maximum atomic E-state index is 12.1. The first-order chi connectivity index (χ1) is 10.7. The maximum absolute atomic E-state index is 12.1. The lowest BCUT2D eigenvalue weighted by molar-refractivity contribution is 0.0730. The molecule has 0 atom stereocenters. The maximum Gasteiger partial charge on any atom is 0.351 e. The van der Waals surface area contributed by atoms with Crippen LogP contribution in [0.4, 0.5) is 0 Å². The first kappa shape index (κ1) is 14.5. The van der Waals surface area contributed by atoms with Crippen molar-refractivity contribution in [3.05, 3.63) is 76.1 Å². The van der Waals surface area contributed by atoms with Gasteiger partial charge in [0.25, 0.3) is 0 Å². The van der Waals surface area contributed by atoms with Crippen molar-refractivity contribution in [1.29, 1.82) is 0 Å². The molecule has 0 bridgehead atoms. The molecule has 0 aliphatic carbocycles. The Hall–Kier alpha value is -2.40. The second-order valence-electron chi connectivity index (χ2n) is 4.66. The lowest BCUT2D eigenvalue weighted by Gasteiger charge is -2.05. The van der Waals surface area contributed by atoms with Crippen molar-refractivity contribution < 1.29 is 13.9 Å². The van der Waals surface area contributed by atoms with Crippen molar-refractivity contribution in [3.63, 3.8) is 0 Å². The summed E-state index contributed by atoms with van der Waals surface area (Å²) in [7, 11) is 0. The topological polar surface area (TPSA) is 56.5 Å². The molecular weight excluding hydrogens is 348 g/mol. The Kier molecular flexibility index (Phi) is 4.06. The number of para-hydroxylation sites is 1. The Morgan fingerprint density at radius 1 is 1.09 bits per heavy atom. The molecule has 3 aromatic rings. The van der Waals surface area contributed by atoms with Gasteiger partial charge in [-0.1, -0.05) is 40.2 Å². The fourth-order valence-corrected chi connectivity index (χ4v) is 2.40. The molecule has 0 N–H and O–H groups in total. The first-order valence-corrected chi connectivity index (χ1v) is 7.69. The van der Waals surface area contributed by atoms with Crippen LogP contribution in [0.3, 0.4) is 0 Å². The molecule has 4 nitrogen and oxygen atoms in total. The van der Waals surface area contributed by atoms with Crippen LogP contribution in [-0.4, -0.2) is 5.97 Å². The Morgan fingerprint density at radius 3 is 2.59 bits per heavy atom. The molecular formula is C17H11BrO4. The van der Waals surface area contributed by atoms with Gasteiger partial charge < -0.3 is 9.15 Å². The molecule has 3 rings (SSSR count). The lowest BCUT2D eigenvalue weighted by Crippen LogP contribution is -2.18. The van der Waals surface area contributed by atoms with Crippen LogP contribution >= 0.6 is 15.9 Å². The number of alkyl halides is 1. The van der Waals surface area contributed by atoms with Crippen molar-refractivity contribution in [2.45, 2.75) is 5.33 Å². The fourth-order valence-electron chi connectivity index (χ4n) is 2.05. The largest absolute Gasteiger partial charge is 0.423 e. The predicted octanol–water partition coefficient (Wildman–Crippen LogP) is 3.91. The number of hydrogen-bond donors (Lipinski definition) is 0. The number of halogens is 1. The van der Waals surface area contributed by atoms with Crippen LogP contribution < -0.4 is 10.4 Å². The minimum atomic E-state index is -0.730. The Morgan fingerprint density at radius 2 is 1.86 bits per heavy atom. The Balaban J connectivity index is 2.00. The average Bonchev–Trinajstić information content (AvgIpc) is 2.54. The van der Waals surface area contributed by atoms with E-state index in [1.165, 1.54) is 6.07 Å². The van der Waals surface area contributed by atoms with Gasteiger partial charge in [-0.2, -0.15) is 0 Å². The molecule has 110 valence electrons. The Bertz CT molecular complexity index is 884. The van der Waals surface area contributed by atoms with Crippen LogP contribution in [0.15, 0.2) is 63.8 Å². The number of carbonyl (C=O) groups is 1. The quantitative estimate of drug-likeness (QED) is 0.308. The molecule has 1 aromatic heterocycles. The highest BCUT2D eigenvalue weighted by Crippen LogP contribution is 2.18. The third-order valence-electron chi connectivity index (χ3n) is 3.12. The number of benzene rings is 2. The van der Waals surface area contributed by atoms with Gasteiger partial charge in [0, 0.05) is 10.7 Å². The highest BCUT2D eigenvalue weighted by molar-refractivity contribution is 9.08. The third-order valence-corrected chi connectivity index (χ3v) is 3.77. The van der Waals surface area contributed by atoms with E-state index in [-0.39, 0.29) is 5.56 Å². The van der Waals surface area contributed by atoms with Gasteiger partial charge in [0.1, 0.15) is 16.9 Å². The summed E-state index contributed by atoms with van der Waals surface area (Å²) in [6.45, 7) is 0. The number of rotatable bonds is 3. The standard InChI is InChI=1S/C17H11BrO4/c18-10-11-6-7-15-12(8-11)9-14(17(20)22-15)16(19)21-13-4-2-1-3-5-13/h1-9H,10H2. The summed E-state index contributed by atoms with van der Waals surface area (Å²) in [6, 6.07) is 15.5. The lowest BCUT2D eigenvalue weighted by atomic mass is 10.1. The number of hydrogen-bond acceptors (Lipinski definition) is 4. The molecule has 0 saturated heterocycles. The van der Waals surface area contributed by atoms with E-state index in [1.807, 2.05) is 18.2 Å². The molecule has 0 fully saturated rings. The van der Waals surface area contributed by atoms with Gasteiger partial charge in [-0.25, -0.2) is 9.59 Å². The van der Waals surface area contributed by atoms with Crippen LogP contribution in [-0.2, 0) is 5.33 Å². The van der Waals surface area contributed by atoms with Crippen molar-refractivity contribution in [3.8, 4) is 5.75 Å². The van der Waals surface area contributed by atoms with Gasteiger partial charge in [0.2, 0.25) is 0 Å². The smallest absolute Gasteiger partial charge is 0.351 e. The van der Waals surface area contributed by atoms with E-state index < -0.39 is 11.6 Å². The molecule has 1 heterocycles. The SMILES string of the molecule is O=C(Oc1ccccc1)c1cc2cc(CBr)ccc2oc1=O.